The molecule has 0 aromatic heterocycles. The van der Waals surface area contributed by atoms with E-state index in [0.29, 0.717) is 0 Å². The van der Waals surface area contributed by atoms with E-state index >= 15 is 0 Å². The van der Waals surface area contributed by atoms with Crippen LogP contribution in [0, 0.1) is 0 Å². The van der Waals surface area contributed by atoms with Crippen LogP contribution in [0.4, 0.5) is 0 Å². The van der Waals surface area contributed by atoms with Gasteiger partial charge in [-0.15, -0.1) is 0 Å². The molecule has 0 saturated carbocycles. The molecule has 1 aliphatic heterocycles. The summed E-state index contributed by atoms with van der Waals surface area (Å²) in [6.07, 6.45) is -2.96. The number of hydrogen-bond donors (Lipinski definition) is 3. The normalized spacial score (nSPS) is 49.2. The number of nitrogens with two attached hydrogens (primary N) is 1. The third-order valence-corrected chi connectivity index (χ3v) is 2.16. The molecule has 0 aliphatic carbocycles. The van der Waals surface area contributed by atoms with Crippen LogP contribution in [0.2, 0.25) is 0 Å². The molecule has 5 heteroatoms. The molecule has 0 aromatic carbocycles. The maximum Gasteiger partial charge on any atom is 0.183 e. The zero-order chi connectivity index (χ0) is 9.30. The molecule has 5 atom stereocenters. The molecule has 1 aliphatic rings. The number of aliphatic hydroxyl groups excluding tert-OH is 2. The van der Waals surface area contributed by atoms with Crippen LogP contribution in [0.5, 0.6) is 0 Å². The van der Waals surface area contributed by atoms with Crippen molar-refractivity contribution >= 4 is 0 Å². The van der Waals surface area contributed by atoms with E-state index in [2.05, 4.69) is 0 Å². The topological polar surface area (TPSA) is 84.9 Å². The van der Waals surface area contributed by atoms with E-state index in [1.165, 1.54) is 7.11 Å². The lowest BCUT2D eigenvalue weighted by Crippen LogP contribution is -2.61. The predicted octanol–water partition coefficient (Wildman–Crippen LogP) is -1.57. The van der Waals surface area contributed by atoms with Crippen molar-refractivity contribution in [3.8, 4) is 0 Å². The van der Waals surface area contributed by atoms with Gasteiger partial charge in [0.25, 0.3) is 0 Å². The summed E-state index contributed by atoms with van der Waals surface area (Å²) in [5.74, 6) is 0. The van der Waals surface area contributed by atoms with Crippen molar-refractivity contribution in [1.82, 2.24) is 0 Å². The van der Waals surface area contributed by atoms with Gasteiger partial charge in [0.15, 0.2) is 6.29 Å². The summed E-state index contributed by atoms with van der Waals surface area (Å²) in [7, 11) is 1.42. The SMILES string of the molecule is COC1C(O)OC(C)C(O)C1N. The van der Waals surface area contributed by atoms with E-state index in [0.717, 1.165) is 0 Å². The average Bonchev–Trinajstić information content (AvgIpc) is 2.01. The van der Waals surface area contributed by atoms with Gasteiger partial charge in [0.05, 0.1) is 18.2 Å². The molecular formula is C7H15NO4. The summed E-state index contributed by atoms with van der Waals surface area (Å²) in [4.78, 5) is 0. The van der Waals surface area contributed by atoms with Gasteiger partial charge in [0.1, 0.15) is 6.10 Å². The Balaban J connectivity index is 2.65. The fourth-order valence-electron chi connectivity index (χ4n) is 1.35. The van der Waals surface area contributed by atoms with Crippen LogP contribution in [0.15, 0.2) is 0 Å². The van der Waals surface area contributed by atoms with Crippen LogP contribution in [0.3, 0.4) is 0 Å². The van der Waals surface area contributed by atoms with Crippen LogP contribution < -0.4 is 5.73 Å². The van der Waals surface area contributed by atoms with Gasteiger partial charge < -0.3 is 25.4 Å². The summed E-state index contributed by atoms with van der Waals surface area (Å²) in [5, 5.41) is 18.7. The van der Waals surface area contributed by atoms with Crippen molar-refractivity contribution in [3.63, 3.8) is 0 Å². The zero-order valence-electron chi connectivity index (χ0n) is 7.18. The second-order valence-electron chi connectivity index (χ2n) is 3.00. The summed E-state index contributed by atoms with van der Waals surface area (Å²) in [6.45, 7) is 1.65. The molecule has 1 fully saturated rings. The molecule has 5 unspecified atom stereocenters. The van der Waals surface area contributed by atoms with Gasteiger partial charge in [-0.3, -0.25) is 0 Å². The molecule has 4 N–H and O–H groups in total. The van der Waals surface area contributed by atoms with Crippen molar-refractivity contribution in [3.05, 3.63) is 0 Å². The van der Waals surface area contributed by atoms with Gasteiger partial charge in [-0.25, -0.2) is 0 Å². The minimum atomic E-state index is -1.05. The maximum atomic E-state index is 9.42. The first-order chi connectivity index (χ1) is 5.57. The van der Waals surface area contributed by atoms with Crippen LogP contribution in [-0.4, -0.2) is 48.0 Å². The summed E-state index contributed by atoms with van der Waals surface area (Å²) < 4.78 is 9.85. The number of aliphatic hydroxyl groups is 2. The quantitative estimate of drug-likeness (QED) is 0.450. The second kappa shape index (κ2) is 3.68. The molecule has 0 bridgehead atoms. The minimum absolute atomic E-state index is 0.457. The van der Waals surface area contributed by atoms with E-state index in [9.17, 15) is 10.2 Å². The number of hydrogen-bond acceptors (Lipinski definition) is 5. The third kappa shape index (κ3) is 1.60. The highest BCUT2D eigenvalue weighted by atomic mass is 16.6. The largest absolute Gasteiger partial charge is 0.389 e. The number of methoxy groups -OCH3 is 1. The molecule has 0 amide bonds. The molecule has 1 saturated heterocycles. The van der Waals surface area contributed by atoms with Gasteiger partial charge in [0.2, 0.25) is 0 Å². The molecular weight excluding hydrogens is 162 g/mol. The first kappa shape index (κ1) is 9.88. The maximum absolute atomic E-state index is 9.42. The molecule has 72 valence electrons. The Morgan fingerprint density at radius 1 is 1.42 bits per heavy atom. The number of rotatable bonds is 1. The van der Waals surface area contributed by atoms with Crippen LogP contribution >= 0.6 is 0 Å². The molecule has 1 heterocycles. The monoisotopic (exact) mass is 177 g/mol. The van der Waals surface area contributed by atoms with E-state index in [1.54, 1.807) is 6.92 Å². The molecule has 1 rings (SSSR count). The molecule has 0 aromatic rings. The smallest absolute Gasteiger partial charge is 0.183 e. The van der Waals surface area contributed by atoms with Gasteiger partial charge in [-0.1, -0.05) is 0 Å². The Hall–Kier alpha value is -0.200. The zero-order valence-corrected chi connectivity index (χ0v) is 7.18. The fraction of sp³-hybridized carbons (Fsp3) is 1.00. The van der Waals surface area contributed by atoms with Gasteiger partial charge in [-0.2, -0.15) is 0 Å². The van der Waals surface area contributed by atoms with E-state index in [-0.39, 0.29) is 0 Å². The second-order valence-corrected chi connectivity index (χ2v) is 3.00. The summed E-state index contributed by atoms with van der Waals surface area (Å²) >= 11 is 0. The Bertz CT molecular complexity index is 154. The van der Waals surface area contributed by atoms with Crippen LogP contribution in [0.25, 0.3) is 0 Å². The van der Waals surface area contributed by atoms with Crippen molar-refractivity contribution in [2.24, 2.45) is 5.73 Å². The highest BCUT2D eigenvalue weighted by Crippen LogP contribution is 2.19. The predicted molar refractivity (Wildman–Crippen MR) is 41.3 cm³/mol. The Labute approximate surface area is 71.1 Å². The average molecular weight is 177 g/mol. The van der Waals surface area contributed by atoms with Crippen molar-refractivity contribution in [1.29, 1.82) is 0 Å². The van der Waals surface area contributed by atoms with Gasteiger partial charge in [0, 0.05) is 7.11 Å². The minimum Gasteiger partial charge on any atom is -0.389 e. The molecule has 5 nitrogen and oxygen atoms in total. The molecule has 0 radical (unpaired) electrons. The van der Waals surface area contributed by atoms with Crippen LogP contribution in [0.1, 0.15) is 6.92 Å². The standard InChI is InChI=1S/C7H15NO4/c1-3-5(9)4(8)6(11-2)7(10)12-3/h3-7,9-10H,8H2,1-2H3. The van der Waals surface area contributed by atoms with Crippen molar-refractivity contribution in [2.75, 3.05) is 7.11 Å². The molecule has 12 heavy (non-hydrogen) atoms. The van der Waals surface area contributed by atoms with Crippen molar-refractivity contribution in [2.45, 2.75) is 37.6 Å². The van der Waals surface area contributed by atoms with Crippen LogP contribution in [-0.2, 0) is 9.47 Å². The lowest BCUT2D eigenvalue weighted by atomic mass is 9.98. The Kier molecular flexibility index (Phi) is 3.03. The first-order valence-electron chi connectivity index (χ1n) is 3.88. The van der Waals surface area contributed by atoms with Gasteiger partial charge >= 0.3 is 0 Å². The van der Waals surface area contributed by atoms with E-state index in [4.69, 9.17) is 15.2 Å². The lowest BCUT2D eigenvalue weighted by Gasteiger charge is -2.39. The van der Waals surface area contributed by atoms with Gasteiger partial charge in [-0.05, 0) is 6.92 Å². The van der Waals surface area contributed by atoms with E-state index in [1.807, 2.05) is 0 Å². The van der Waals surface area contributed by atoms with Crippen molar-refractivity contribution < 1.29 is 19.7 Å². The third-order valence-electron chi connectivity index (χ3n) is 2.16. The highest BCUT2D eigenvalue weighted by Gasteiger charge is 2.40. The molecule has 0 spiro atoms. The van der Waals surface area contributed by atoms with E-state index < -0.39 is 30.6 Å². The highest BCUT2D eigenvalue weighted by molar-refractivity contribution is 4.90. The number of ether oxygens (including phenoxy) is 2. The first-order valence-corrected chi connectivity index (χ1v) is 3.88. The Morgan fingerprint density at radius 2 is 2.00 bits per heavy atom. The lowest BCUT2D eigenvalue weighted by molar-refractivity contribution is -0.253. The summed E-state index contributed by atoms with van der Waals surface area (Å²) in [5.41, 5.74) is 5.60. The fourth-order valence-corrected chi connectivity index (χ4v) is 1.35. The summed E-state index contributed by atoms with van der Waals surface area (Å²) in [6, 6.07) is -0.603. The Morgan fingerprint density at radius 3 is 2.50 bits per heavy atom.